The molecule has 2 aromatic rings. The molecule has 0 unspecified atom stereocenters. The molecule has 0 saturated carbocycles. The molecule has 0 radical (unpaired) electrons. The molecular formula is C13H10N4O2. The van der Waals surface area contributed by atoms with Crippen molar-refractivity contribution in [3.63, 3.8) is 0 Å². The van der Waals surface area contributed by atoms with E-state index in [4.69, 9.17) is 5.26 Å². The summed E-state index contributed by atoms with van der Waals surface area (Å²) in [5, 5.41) is 11.6. The number of nitriles is 1. The van der Waals surface area contributed by atoms with Crippen LogP contribution in [0.15, 0.2) is 35.4 Å². The number of hydrogen-bond donors (Lipinski definition) is 2. The predicted octanol–water partition coefficient (Wildman–Crippen LogP) is 1.27. The maximum atomic E-state index is 11.5. The van der Waals surface area contributed by atoms with Crippen LogP contribution in [-0.4, -0.2) is 15.9 Å². The topological polar surface area (TPSA) is 98.6 Å². The van der Waals surface area contributed by atoms with Gasteiger partial charge in [0.15, 0.2) is 0 Å². The molecule has 1 amide bonds. The van der Waals surface area contributed by atoms with Gasteiger partial charge in [-0.25, -0.2) is 4.98 Å². The van der Waals surface area contributed by atoms with Gasteiger partial charge in [-0.1, -0.05) is 12.1 Å². The number of benzene rings is 1. The minimum absolute atomic E-state index is 0.0326. The molecule has 2 rings (SSSR count). The second-order valence-corrected chi connectivity index (χ2v) is 3.83. The standard InChI is InChI=1S/C13H10N4O2/c1-8(18)17-10-4-2-9(3-5-10)12-11(6-14)13(19)16-7-15-12/h2-5,7H,1H3,(H,17,18)(H,15,16,19). The fourth-order valence-corrected chi connectivity index (χ4v) is 1.64. The molecule has 1 aromatic carbocycles. The fourth-order valence-electron chi connectivity index (χ4n) is 1.64. The summed E-state index contributed by atoms with van der Waals surface area (Å²) < 4.78 is 0. The monoisotopic (exact) mass is 254 g/mol. The number of hydrogen-bond acceptors (Lipinski definition) is 4. The van der Waals surface area contributed by atoms with Crippen LogP contribution in [-0.2, 0) is 4.79 Å². The van der Waals surface area contributed by atoms with Gasteiger partial charge in [0, 0.05) is 18.2 Å². The first-order chi connectivity index (χ1) is 9.11. The highest BCUT2D eigenvalue weighted by Gasteiger charge is 2.10. The van der Waals surface area contributed by atoms with Crippen LogP contribution in [0.1, 0.15) is 12.5 Å². The number of aromatic amines is 1. The molecule has 0 aliphatic heterocycles. The zero-order chi connectivity index (χ0) is 13.8. The van der Waals surface area contributed by atoms with E-state index in [1.807, 2.05) is 6.07 Å². The van der Waals surface area contributed by atoms with Crippen LogP contribution in [0.5, 0.6) is 0 Å². The van der Waals surface area contributed by atoms with Crippen molar-refractivity contribution in [3.8, 4) is 17.3 Å². The molecule has 0 fully saturated rings. The van der Waals surface area contributed by atoms with Gasteiger partial charge in [-0.05, 0) is 12.1 Å². The third kappa shape index (κ3) is 2.66. The van der Waals surface area contributed by atoms with Crippen LogP contribution in [0.2, 0.25) is 0 Å². The van der Waals surface area contributed by atoms with E-state index in [1.54, 1.807) is 24.3 Å². The van der Waals surface area contributed by atoms with E-state index in [9.17, 15) is 9.59 Å². The van der Waals surface area contributed by atoms with Gasteiger partial charge in [-0.15, -0.1) is 0 Å². The summed E-state index contributed by atoms with van der Waals surface area (Å²) in [6, 6.07) is 8.57. The van der Waals surface area contributed by atoms with Crippen LogP contribution in [0.25, 0.3) is 11.3 Å². The van der Waals surface area contributed by atoms with Crippen molar-refractivity contribution in [1.29, 1.82) is 5.26 Å². The molecule has 0 atom stereocenters. The molecule has 6 nitrogen and oxygen atoms in total. The molecule has 2 N–H and O–H groups in total. The van der Waals surface area contributed by atoms with Gasteiger partial charge < -0.3 is 10.3 Å². The van der Waals surface area contributed by atoms with E-state index in [0.717, 1.165) is 0 Å². The Bertz CT molecular complexity index is 711. The molecule has 1 heterocycles. The molecule has 94 valence electrons. The molecule has 0 aliphatic carbocycles. The zero-order valence-electron chi connectivity index (χ0n) is 10.1. The summed E-state index contributed by atoms with van der Waals surface area (Å²) in [4.78, 5) is 28.7. The van der Waals surface area contributed by atoms with Crippen LogP contribution < -0.4 is 10.9 Å². The van der Waals surface area contributed by atoms with Crippen molar-refractivity contribution in [2.45, 2.75) is 6.92 Å². The minimum Gasteiger partial charge on any atom is -0.326 e. The number of carbonyl (C=O) groups excluding carboxylic acids is 1. The van der Waals surface area contributed by atoms with E-state index >= 15 is 0 Å². The summed E-state index contributed by atoms with van der Waals surface area (Å²) in [5.41, 5.74) is 1.09. The largest absolute Gasteiger partial charge is 0.326 e. The Balaban J connectivity index is 2.44. The zero-order valence-corrected chi connectivity index (χ0v) is 10.1. The van der Waals surface area contributed by atoms with E-state index in [2.05, 4.69) is 15.3 Å². The Morgan fingerprint density at radius 1 is 1.37 bits per heavy atom. The average Bonchev–Trinajstić information content (AvgIpc) is 2.38. The summed E-state index contributed by atoms with van der Waals surface area (Å²) in [6.45, 7) is 1.42. The maximum Gasteiger partial charge on any atom is 0.269 e. The number of nitrogens with one attached hydrogen (secondary N) is 2. The smallest absolute Gasteiger partial charge is 0.269 e. The third-order valence-corrected chi connectivity index (χ3v) is 2.44. The van der Waals surface area contributed by atoms with Gasteiger partial charge in [0.25, 0.3) is 5.56 Å². The average molecular weight is 254 g/mol. The summed E-state index contributed by atoms with van der Waals surface area (Å²) >= 11 is 0. The van der Waals surface area contributed by atoms with Crippen molar-refractivity contribution in [2.24, 2.45) is 0 Å². The molecule has 1 aromatic heterocycles. The second-order valence-electron chi connectivity index (χ2n) is 3.83. The number of H-pyrrole nitrogens is 1. The molecule has 0 bridgehead atoms. The second kappa shape index (κ2) is 5.14. The van der Waals surface area contributed by atoms with Crippen molar-refractivity contribution in [3.05, 3.63) is 46.5 Å². The van der Waals surface area contributed by atoms with Crippen LogP contribution in [0, 0.1) is 11.3 Å². The first-order valence-corrected chi connectivity index (χ1v) is 5.47. The number of carbonyl (C=O) groups is 1. The molecule has 0 spiro atoms. The maximum absolute atomic E-state index is 11.5. The highest BCUT2D eigenvalue weighted by molar-refractivity contribution is 5.89. The lowest BCUT2D eigenvalue weighted by Crippen LogP contribution is -2.12. The van der Waals surface area contributed by atoms with Gasteiger partial charge in [-0.3, -0.25) is 9.59 Å². The first kappa shape index (κ1) is 12.5. The lowest BCUT2D eigenvalue weighted by Gasteiger charge is -2.05. The highest BCUT2D eigenvalue weighted by atomic mass is 16.1. The van der Waals surface area contributed by atoms with E-state index in [0.29, 0.717) is 16.9 Å². The lowest BCUT2D eigenvalue weighted by molar-refractivity contribution is -0.114. The van der Waals surface area contributed by atoms with Crippen molar-refractivity contribution in [1.82, 2.24) is 9.97 Å². The van der Waals surface area contributed by atoms with Gasteiger partial charge in [0.05, 0.1) is 12.0 Å². The Hall–Kier alpha value is -2.94. The summed E-state index contributed by atoms with van der Waals surface area (Å²) in [6.07, 6.45) is 1.25. The van der Waals surface area contributed by atoms with Crippen LogP contribution in [0.3, 0.4) is 0 Å². The SMILES string of the molecule is CC(=O)Nc1ccc(-c2nc[nH]c(=O)c2C#N)cc1. The number of amides is 1. The Morgan fingerprint density at radius 2 is 2.05 bits per heavy atom. The normalized spacial score (nSPS) is 9.68. The third-order valence-electron chi connectivity index (χ3n) is 2.44. The first-order valence-electron chi connectivity index (χ1n) is 5.47. The summed E-state index contributed by atoms with van der Waals surface area (Å²) in [5.74, 6) is -0.167. The quantitative estimate of drug-likeness (QED) is 0.842. The van der Waals surface area contributed by atoms with Gasteiger partial charge in [0.1, 0.15) is 11.6 Å². The van der Waals surface area contributed by atoms with E-state index in [1.165, 1.54) is 13.3 Å². The van der Waals surface area contributed by atoms with Gasteiger partial charge >= 0.3 is 0 Å². The number of nitrogens with zero attached hydrogens (tertiary/aromatic N) is 2. The van der Waals surface area contributed by atoms with Crippen LogP contribution in [0.4, 0.5) is 5.69 Å². The van der Waals surface area contributed by atoms with Crippen molar-refractivity contribution in [2.75, 3.05) is 5.32 Å². The molecule has 6 heteroatoms. The number of anilines is 1. The fraction of sp³-hybridized carbons (Fsp3) is 0.0769. The Morgan fingerprint density at radius 3 is 2.63 bits per heavy atom. The van der Waals surface area contributed by atoms with Crippen molar-refractivity contribution < 1.29 is 4.79 Å². The lowest BCUT2D eigenvalue weighted by atomic mass is 10.1. The summed E-state index contributed by atoms with van der Waals surface area (Å²) in [7, 11) is 0. The van der Waals surface area contributed by atoms with Gasteiger partial charge in [0.2, 0.25) is 5.91 Å². The Kier molecular flexibility index (Phi) is 3.39. The van der Waals surface area contributed by atoms with Gasteiger partial charge in [-0.2, -0.15) is 5.26 Å². The van der Waals surface area contributed by atoms with Crippen LogP contribution >= 0.6 is 0 Å². The number of rotatable bonds is 2. The molecule has 0 aliphatic rings. The molecular weight excluding hydrogens is 244 g/mol. The van der Waals surface area contributed by atoms with E-state index < -0.39 is 5.56 Å². The van der Waals surface area contributed by atoms with E-state index in [-0.39, 0.29) is 11.5 Å². The van der Waals surface area contributed by atoms with Crippen molar-refractivity contribution >= 4 is 11.6 Å². The minimum atomic E-state index is -0.474. The molecule has 19 heavy (non-hydrogen) atoms. The number of aromatic nitrogens is 2. The Labute approximate surface area is 108 Å². The molecule has 0 saturated heterocycles. The highest BCUT2D eigenvalue weighted by Crippen LogP contribution is 2.20. The predicted molar refractivity (Wildman–Crippen MR) is 69.3 cm³/mol.